The van der Waals surface area contributed by atoms with E-state index in [9.17, 15) is 4.79 Å². The molecule has 2 heterocycles. The highest BCUT2D eigenvalue weighted by Crippen LogP contribution is 2.37. The molecule has 0 spiro atoms. The van der Waals surface area contributed by atoms with Crippen LogP contribution in [0.2, 0.25) is 0 Å². The molecule has 0 fully saturated rings. The summed E-state index contributed by atoms with van der Waals surface area (Å²) in [5.41, 5.74) is 2.12. The first-order valence-electron chi connectivity index (χ1n) is 8.97. The molecule has 3 rings (SSSR count). The van der Waals surface area contributed by atoms with Crippen molar-refractivity contribution in [2.75, 3.05) is 24.8 Å². The molecule has 0 aliphatic carbocycles. The van der Waals surface area contributed by atoms with Gasteiger partial charge in [-0.25, -0.2) is 9.48 Å². The third-order valence-electron chi connectivity index (χ3n) is 4.17. The molecule has 27 heavy (non-hydrogen) atoms. The van der Waals surface area contributed by atoms with Crippen molar-refractivity contribution in [3.05, 3.63) is 41.1 Å². The molecule has 0 saturated heterocycles. The summed E-state index contributed by atoms with van der Waals surface area (Å²) in [6.07, 6.45) is 1.03. The van der Waals surface area contributed by atoms with Gasteiger partial charge in [-0.2, -0.15) is 4.98 Å². The van der Waals surface area contributed by atoms with Crippen molar-refractivity contribution >= 4 is 23.7 Å². The number of ether oxygens (including phenoxy) is 2. The van der Waals surface area contributed by atoms with Crippen LogP contribution in [0.15, 0.2) is 40.7 Å². The molecular weight excluding hydrogens is 364 g/mol. The molecule has 1 N–H and O–H groups in total. The van der Waals surface area contributed by atoms with E-state index in [-0.39, 0.29) is 5.97 Å². The summed E-state index contributed by atoms with van der Waals surface area (Å²) >= 11 is 1.60. The first kappa shape index (κ1) is 19.3. The Bertz CT molecular complexity index is 862. The number of anilines is 1. The Hall–Kier alpha value is -2.48. The average molecular weight is 388 g/mol. The lowest BCUT2D eigenvalue weighted by Gasteiger charge is -2.28. The van der Waals surface area contributed by atoms with Crippen LogP contribution in [-0.2, 0) is 9.53 Å². The van der Waals surface area contributed by atoms with Gasteiger partial charge in [0.2, 0.25) is 11.1 Å². The second kappa shape index (κ2) is 8.47. The fourth-order valence-corrected chi connectivity index (χ4v) is 3.66. The van der Waals surface area contributed by atoms with Crippen LogP contribution in [-0.4, -0.2) is 40.2 Å². The van der Waals surface area contributed by atoms with Crippen LogP contribution in [0.25, 0.3) is 0 Å². The second-order valence-corrected chi connectivity index (χ2v) is 7.14. The van der Waals surface area contributed by atoms with E-state index in [4.69, 9.17) is 9.47 Å². The first-order chi connectivity index (χ1) is 13.1. The number of benzene rings is 1. The van der Waals surface area contributed by atoms with E-state index in [0.29, 0.717) is 34.7 Å². The number of methoxy groups -OCH3 is 1. The van der Waals surface area contributed by atoms with Gasteiger partial charge in [-0.15, -0.1) is 5.10 Å². The maximum absolute atomic E-state index is 12.7. The van der Waals surface area contributed by atoms with Gasteiger partial charge in [0, 0.05) is 11.4 Å². The van der Waals surface area contributed by atoms with Gasteiger partial charge < -0.3 is 14.8 Å². The molecule has 1 unspecified atom stereocenters. The van der Waals surface area contributed by atoms with Gasteiger partial charge in [-0.3, -0.25) is 0 Å². The number of rotatable bonds is 7. The van der Waals surface area contributed by atoms with E-state index in [1.54, 1.807) is 30.5 Å². The van der Waals surface area contributed by atoms with E-state index < -0.39 is 6.04 Å². The van der Waals surface area contributed by atoms with Crippen molar-refractivity contribution in [1.29, 1.82) is 0 Å². The van der Waals surface area contributed by atoms with Crippen molar-refractivity contribution in [2.45, 2.75) is 38.4 Å². The van der Waals surface area contributed by atoms with Gasteiger partial charge in [0.1, 0.15) is 11.8 Å². The number of nitrogens with one attached hydrogen (secondary N) is 1. The summed E-state index contributed by atoms with van der Waals surface area (Å²) in [7, 11) is 1.62. The Morgan fingerprint density at radius 1 is 1.37 bits per heavy atom. The molecule has 8 heteroatoms. The number of thioether (sulfide) groups is 1. The molecular formula is C19H24N4O3S. The Morgan fingerprint density at radius 2 is 2.19 bits per heavy atom. The highest BCUT2D eigenvalue weighted by molar-refractivity contribution is 7.99. The first-order valence-corrected chi connectivity index (χ1v) is 9.95. The number of fused-ring (bicyclic) bond motifs is 1. The molecule has 1 aliphatic rings. The maximum Gasteiger partial charge on any atom is 0.338 e. The maximum atomic E-state index is 12.7. The van der Waals surface area contributed by atoms with E-state index >= 15 is 0 Å². The normalized spacial score (nSPS) is 15.9. The monoisotopic (exact) mass is 388 g/mol. The third-order valence-corrected chi connectivity index (χ3v) is 5.22. The number of carbonyl (C=O) groups excluding carboxylic acids is 1. The molecule has 0 amide bonds. The number of hydrogen-bond donors (Lipinski definition) is 1. The third kappa shape index (κ3) is 3.95. The molecule has 0 radical (unpaired) electrons. The SMILES string of the molecule is CCCSc1nc2n(n1)C(c1cccc(OC)c1)C(C(=O)OCC)=C(C)N2. The molecule has 1 aliphatic heterocycles. The van der Waals surface area contributed by atoms with Crippen molar-refractivity contribution in [3.63, 3.8) is 0 Å². The molecule has 1 aromatic heterocycles. The summed E-state index contributed by atoms with van der Waals surface area (Å²) in [5.74, 6) is 1.91. The van der Waals surface area contributed by atoms with Gasteiger partial charge >= 0.3 is 5.97 Å². The Labute approximate surface area is 163 Å². The standard InChI is InChI=1S/C19H24N4O3S/c1-5-10-27-19-21-18-20-12(3)15(17(24)26-6-2)16(23(18)22-19)13-8-7-9-14(11-13)25-4/h7-9,11,16H,5-6,10H2,1-4H3,(H,20,21,22). The molecule has 7 nitrogen and oxygen atoms in total. The molecule has 1 atom stereocenters. The minimum Gasteiger partial charge on any atom is -0.497 e. The highest BCUT2D eigenvalue weighted by atomic mass is 32.2. The molecule has 1 aromatic carbocycles. The van der Waals surface area contributed by atoms with Gasteiger partial charge in [0.25, 0.3) is 0 Å². The Balaban J connectivity index is 2.10. The predicted octanol–water partition coefficient (Wildman–Crippen LogP) is 3.64. The minimum absolute atomic E-state index is 0.308. The number of esters is 1. The van der Waals surface area contributed by atoms with Crippen molar-refractivity contribution in [2.24, 2.45) is 0 Å². The minimum atomic E-state index is -0.432. The van der Waals surface area contributed by atoms with Gasteiger partial charge in [-0.05, 0) is 38.0 Å². The predicted molar refractivity (Wildman–Crippen MR) is 105 cm³/mol. The molecule has 0 saturated carbocycles. The van der Waals surface area contributed by atoms with Crippen LogP contribution in [0.3, 0.4) is 0 Å². The van der Waals surface area contributed by atoms with Crippen molar-refractivity contribution < 1.29 is 14.3 Å². The fraction of sp³-hybridized carbons (Fsp3) is 0.421. The van der Waals surface area contributed by atoms with E-state index in [1.807, 2.05) is 31.2 Å². The van der Waals surface area contributed by atoms with Gasteiger partial charge in [-0.1, -0.05) is 30.8 Å². The number of aromatic nitrogens is 3. The van der Waals surface area contributed by atoms with E-state index in [0.717, 1.165) is 17.7 Å². The second-order valence-electron chi connectivity index (χ2n) is 6.07. The van der Waals surface area contributed by atoms with Gasteiger partial charge in [0.15, 0.2) is 0 Å². The zero-order valence-corrected chi connectivity index (χ0v) is 16.8. The van der Waals surface area contributed by atoms with E-state index in [2.05, 4.69) is 22.3 Å². The van der Waals surface area contributed by atoms with Crippen LogP contribution in [0.5, 0.6) is 5.75 Å². The molecule has 0 bridgehead atoms. The quantitative estimate of drug-likeness (QED) is 0.573. The fourth-order valence-electron chi connectivity index (χ4n) is 2.98. The Morgan fingerprint density at radius 3 is 2.89 bits per heavy atom. The summed E-state index contributed by atoms with van der Waals surface area (Å²) in [5, 5.41) is 8.54. The summed E-state index contributed by atoms with van der Waals surface area (Å²) in [4.78, 5) is 17.3. The Kier molecular flexibility index (Phi) is 6.05. The summed E-state index contributed by atoms with van der Waals surface area (Å²) in [6, 6.07) is 7.20. The summed E-state index contributed by atoms with van der Waals surface area (Å²) in [6.45, 7) is 6.08. The lowest BCUT2D eigenvalue weighted by Crippen LogP contribution is -2.29. The summed E-state index contributed by atoms with van der Waals surface area (Å²) < 4.78 is 12.4. The molecule has 2 aromatic rings. The van der Waals surface area contributed by atoms with Crippen molar-refractivity contribution in [1.82, 2.24) is 14.8 Å². The number of allylic oxidation sites excluding steroid dienone is 1. The zero-order valence-electron chi connectivity index (χ0n) is 16.0. The van der Waals surface area contributed by atoms with Gasteiger partial charge in [0.05, 0.1) is 19.3 Å². The lowest BCUT2D eigenvalue weighted by molar-refractivity contribution is -0.139. The topological polar surface area (TPSA) is 78.3 Å². The average Bonchev–Trinajstić information content (AvgIpc) is 3.07. The number of nitrogens with zero attached hydrogens (tertiary/aromatic N) is 3. The van der Waals surface area contributed by atoms with Crippen LogP contribution in [0.1, 0.15) is 38.8 Å². The van der Waals surface area contributed by atoms with Crippen LogP contribution in [0, 0.1) is 0 Å². The lowest BCUT2D eigenvalue weighted by atomic mass is 9.95. The smallest absolute Gasteiger partial charge is 0.338 e. The van der Waals surface area contributed by atoms with Crippen LogP contribution >= 0.6 is 11.8 Å². The van der Waals surface area contributed by atoms with E-state index in [1.165, 1.54) is 0 Å². The van der Waals surface area contributed by atoms with Crippen molar-refractivity contribution in [3.8, 4) is 5.75 Å². The van der Waals surface area contributed by atoms with Crippen LogP contribution in [0.4, 0.5) is 5.95 Å². The number of carbonyl (C=O) groups is 1. The number of hydrogen-bond acceptors (Lipinski definition) is 7. The van der Waals surface area contributed by atoms with Crippen LogP contribution < -0.4 is 10.1 Å². The largest absolute Gasteiger partial charge is 0.497 e. The zero-order chi connectivity index (χ0) is 19.4. The molecule has 144 valence electrons. The highest BCUT2D eigenvalue weighted by Gasteiger charge is 2.35.